The molecule has 4 nitrogen and oxygen atoms in total. The van der Waals surface area contributed by atoms with Gasteiger partial charge in [0.1, 0.15) is 11.9 Å². The van der Waals surface area contributed by atoms with Crippen LogP contribution in [0.2, 0.25) is 0 Å². The Morgan fingerprint density at radius 2 is 2.28 bits per heavy atom. The molecule has 4 heteroatoms. The van der Waals surface area contributed by atoms with Crippen LogP contribution in [0.25, 0.3) is 17.0 Å². The highest BCUT2D eigenvalue weighted by atomic mass is 16.5. The molecule has 1 aromatic carbocycles. The summed E-state index contributed by atoms with van der Waals surface area (Å²) in [7, 11) is 0. The number of hydrogen-bond donors (Lipinski definition) is 0. The van der Waals surface area contributed by atoms with Gasteiger partial charge in [-0.1, -0.05) is 0 Å². The van der Waals surface area contributed by atoms with Crippen LogP contribution in [0.3, 0.4) is 0 Å². The van der Waals surface area contributed by atoms with E-state index in [1.165, 1.54) is 12.3 Å². The van der Waals surface area contributed by atoms with Crippen LogP contribution in [-0.4, -0.2) is 18.9 Å². The van der Waals surface area contributed by atoms with E-state index in [9.17, 15) is 9.59 Å². The van der Waals surface area contributed by atoms with E-state index in [0.717, 1.165) is 17.2 Å². The Morgan fingerprint density at radius 3 is 3.00 bits per heavy atom. The van der Waals surface area contributed by atoms with Crippen molar-refractivity contribution in [2.75, 3.05) is 6.61 Å². The fraction of sp³-hybridized carbons (Fsp3) is 0.143. The molecular formula is C14H12O4. The topological polar surface area (TPSA) is 56.5 Å². The molecule has 0 unspecified atom stereocenters. The van der Waals surface area contributed by atoms with Gasteiger partial charge in [0.25, 0.3) is 0 Å². The molecule has 2 rings (SSSR count). The minimum absolute atomic E-state index is 0.338. The zero-order valence-electron chi connectivity index (χ0n) is 9.88. The molecule has 1 aromatic heterocycles. The number of hydrogen-bond acceptors (Lipinski definition) is 4. The molecule has 0 aliphatic rings. The van der Waals surface area contributed by atoms with Gasteiger partial charge in [-0.25, -0.2) is 4.79 Å². The Hall–Kier alpha value is -2.36. The van der Waals surface area contributed by atoms with Gasteiger partial charge in [0.15, 0.2) is 0 Å². The van der Waals surface area contributed by atoms with Crippen molar-refractivity contribution in [3.63, 3.8) is 0 Å². The van der Waals surface area contributed by atoms with E-state index in [2.05, 4.69) is 0 Å². The number of rotatable bonds is 4. The van der Waals surface area contributed by atoms with Gasteiger partial charge in [-0.3, -0.25) is 4.79 Å². The van der Waals surface area contributed by atoms with Crippen molar-refractivity contribution < 1.29 is 18.7 Å². The van der Waals surface area contributed by atoms with Crippen molar-refractivity contribution in [3.05, 3.63) is 41.7 Å². The lowest BCUT2D eigenvalue weighted by molar-refractivity contribution is -0.137. The van der Waals surface area contributed by atoms with Crippen LogP contribution < -0.4 is 0 Å². The van der Waals surface area contributed by atoms with E-state index in [0.29, 0.717) is 17.8 Å². The summed E-state index contributed by atoms with van der Waals surface area (Å²) < 4.78 is 10.1. The minimum Gasteiger partial charge on any atom is -0.464 e. The summed E-state index contributed by atoms with van der Waals surface area (Å²) in [6.07, 6.45) is 5.25. The SMILES string of the molecule is CCOC(=O)/C=C/c1coc2ccc(C=O)cc12. The molecule has 0 fully saturated rings. The van der Waals surface area contributed by atoms with Gasteiger partial charge in [-0.05, 0) is 31.2 Å². The summed E-state index contributed by atoms with van der Waals surface area (Å²) >= 11 is 0. The van der Waals surface area contributed by atoms with E-state index in [4.69, 9.17) is 9.15 Å². The maximum Gasteiger partial charge on any atom is 0.330 e. The molecule has 0 spiro atoms. The lowest BCUT2D eigenvalue weighted by Gasteiger charge is -1.94. The van der Waals surface area contributed by atoms with Crippen LogP contribution in [0.4, 0.5) is 0 Å². The van der Waals surface area contributed by atoms with Gasteiger partial charge in [0, 0.05) is 22.6 Å². The molecular weight excluding hydrogens is 232 g/mol. The molecule has 2 aromatic rings. The summed E-state index contributed by atoms with van der Waals surface area (Å²) in [6.45, 7) is 2.08. The molecule has 0 amide bonds. The van der Waals surface area contributed by atoms with E-state index in [1.54, 1.807) is 31.2 Å². The van der Waals surface area contributed by atoms with Crippen molar-refractivity contribution in [2.45, 2.75) is 6.92 Å². The number of benzene rings is 1. The van der Waals surface area contributed by atoms with Crippen molar-refractivity contribution in [3.8, 4) is 0 Å². The molecule has 0 aliphatic heterocycles. The lowest BCUT2D eigenvalue weighted by Crippen LogP contribution is -1.98. The molecule has 0 saturated heterocycles. The van der Waals surface area contributed by atoms with Crippen LogP contribution >= 0.6 is 0 Å². The summed E-state index contributed by atoms with van der Waals surface area (Å²) in [6, 6.07) is 5.12. The quantitative estimate of drug-likeness (QED) is 0.471. The van der Waals surface area contributed by atoms with Gasteiger partial charge < -0.3 is 9.15 Å². The number of esters is 1. The molecule has 0 saturated carbocycles. The smallest absolute Gasteiger partial charge is 0.330 e. The highest BCUT2D eigenvalue weighted by Gasteiger charge is 2.05. The number of carbonyl (C=O) groups excluding carboxylic acids is 2. The van der Waals surface area contributed by atoms with Crippen LogP contribution in [-0.2, 0) is 9.53 Å². The number of furan rings is 1. The molecule has 0 N–H and O–H groups in total. The van der Waals surface area contributed by atoms with Gasteiger partial charge in [0.2, 0.25) is 0 Å². The number of aldehydes is 1. The predicted molar refractivity (Wildman–Crippen MR) is 67.3 cm³/mol. The summed E-state index contributed by atoms with van der Waals surface area (Å²) in [5.74, 6) is -0.404. The Bertz CT molecular complexity index is 607. The van der Waals surface area contributed by atoms with Crippen molar-refractivity contribution in [2.24, 2.45) is 0 Å². The molecule has 0 radical (unpaired) electrons. The zero-order chi connectivity index (χ0) is 13.0. The largest absolute Gasteiger partial charge is 0.464 e. The number of ether oxygens (including phenoxy) is 1. The average Bonchev–Trinajstić information content (AvgIpc) is 2.79. The first-order chi connectivity index (χ1) is 8.74. The summed E-state index contributed by atoms with van der Waals surface area (Å²) in [5, 5.41) is 0.792. The first-order valence-corrected chi connectivity index (χ1v) is 5.56. The van der Waals surface area contributed by atoms with Crippen molar-refractivity contribution in [1.29, 1.82) is 0 Å². The second-order valence-corrected chi connectivity index (χ2v) is 3.65. The summed E-state index contributed by atoms with van der Waals surface area (Å²) in [4.78, 5) is 21.9. The third-order valence-corrected chi connectivity index (χ3v) is 2.45. The molecule has 0 aliphatic carbocycles. The standard InChI is InChI=1S/C14H12O4/c1-2-17-14(16)6-4-11-9-18-13-5-3-10(8-15)7-12(11)13/h3-9H,2H2,1H3/b6-4+. The van der Waals surface area contributed by atoms with E-state index in [-0.39, 0.29) is 0 Å². The van der Waals surface area contributed by atoms with Gasteiger partial charge in [-0.15, -0.1) is 0 Å². The molecule has 0 bridgehead atoms. The molecule has 1 heterocycles. The molecule has 92 valence electrons. The number of fused-ring (bicyclic) bond motifs is 1. The fourth-order valence-electron chi connectivity index (χ4n) is 1.62. The Kier molecular flexibility index (Phi) is 3.57. The predicted octanol–water partition coefficient (Wildman–Crippen LogP) is 2.82. The van der Waals surface area contributed by atoms with Crippen LogP contribution in [0, 0.1) is 0 Å². The third kappa shape index (κ3) is 2.48. The van der Waals surface area contributed by atoms with E-state index in [1.807, 2.05) is 0 Å². The van der Waals surface area contributed by atoms with Crippen LogP contribution in [0.15, 0.2) is 35.0 Å². The Labute approximate surface area is 104 Å². The van der Waals surface area contributed by atoms with Crippen LogP contribution in [0.5, 0.6) is 0 Å². The zero-order valence-corrected chi connectivity index (χ0v) is 9.88. The van der Waals surface area contributed by atoms with Gasteiger partial charge >= 0.3 is 5.97 Å². The highest BCUT2D eigenvalue weighted by molar-refractivity contribution is 5.95. The second-order valence-electron chi connectivity index (χ2n) is 3.65. The first-order valence-electron chi connectivity index (χ1n) is 5.56. The van der Waals surface area contributed by atoms with E-state index < -0.39 is 5.97 Å². The Balaban J connectivity index is 2.33. The third-order valence-electron chi connectivity index (χ3n) is 2.45. The van der Waals surface area contributed by atoms with E-state index >= 15 is 0 Å². The molecule has 18 heavy (non-hydrogen) atoms. The lowest BCUT2D eigenvalue weighted by atomic mass is 10.1. The monoisotopic (exact) mass is 244 g/mol. The first kappa shape index (κ1) is 12.1. The minimum atomic E-state index is -0.404. The maximum absolute atomic E-state index is 11.2. The second kappa shape index (κ2) is 5.31. The maximum atomic E-state index is 11.2. The average molecular weight is 244 g/mol. The summed E-state index contributed by atoms with van der Waals surface area (Å²) in [5.41, 5.74) is 1.97. The Morgan fingerprint density at radius 1 is 1.44 bits per heavy atom. The van der Waals surface area contributed by atoms with Crippen LogP contribution in [0.1, 0.15) is 22.8 Å². The fourth-order valence-corrected chi connectivity index (χ4v) is 1.62. The van der Waals surface area contributed by atoms with Gasteiger partial charge in [-0.2, -0.15) is 0 Å². The van der Waals surface area contributed by atoms with Crippen molar-refractivity contribution >= 4 is 29.3 Å². The normalized spacial score (nSPS) is 10.9. The molecule has 0 atom stereocenters. The number of carbonyl (C=O) groups is 2. The van der Waals surface area contributed by atoms with Crippen molar-refractivity contribution in [1.82, 2.24) is 0 Å². The highest BCUT2D eigenvalue weighted by Crippen LogP contribution is 2.23. The van der Waals surface area contributed by atoms with Gasteiger partial charge in [0.05, 0.1) is 12.9 Å².